The molecule has 2 rings (SSSR count). The van der Waals surface area contributed by atoms with E-state index in [9.17, 15) is 0 Å². The summed E-state index contributed by atoms with van der Waals surface area (Å²) in [4.78, 5) is 9.90. The molecule has 0 saturated carbocycles. The third-order valence-electron chi connectivity index (χ3n) is 3.56. The zero-order chi connectivity index (χ0) is 18.1. The van der Waals surface area contributed by atoms with Crippen LogP contribution in [0.1, 0.15) is 34.9 Å². The maximum Gasteiger partial charge on any atom is 0.191 e. The van der Waals surface area contributed by atoms with Crippen LogP contribution in [0.2, 0.25) is 0 Å². The van der Waals surface area contributed by atoms with Gasteiger partial charge in [-0.2, -0.15) is 0 Å². The van der Waals surface area contributed by atoms with Gasteiger partial charge in [0.15, 0.2) is 5.96 Å². The van der Waals surface area contributed by atoms with E-state index in [4.69, 9.17) is 4.74 Å². The molecule has 0 unspecified atom stereocenters. The van der Waals surface area contributed by atoms with Crippen molar-refractivity contribution in [2.75, 3.05) is 13.6 Å². The van der Waals surface area contributed by atoms with E-state index in [1.54, 1.807) is 18.4 Å². The van der Waals surface area contributed by atoms with Crippen LogP contribution >= 0.6 is 35.3 Å². The van der Waals surface area contributed by atoms with E-state index in [1.165, 1.54) is 16.0 Å². The minimum absolute atomic E-state index is 0. The van der Waals surface area contributed by atoms with Crippen LogP contribution in [0.15, 0.2) is 35.5 Å². The van der Waals surface area contributed by atoms with E-state index in [0.29, 0.717) is 6.61 Å². The highest BCUT2D eigenvalue weighted by Gasteiger charge is 2.02. The normalized spacial score (nSPS) is 11.3. The molecular formula is C19H29IN4OS. The number of halogens is 1. The van der Waals surface area contributed by atoms with Crippen molar-refractivity contribution in [3.8, 4) is 0 Å². The van der Waals surface area contributed by atoms with Gasteiger partial charge < -0.3 is 15.4 Å². The predicted octanol–water partition coefficient (Wildman–Crippen LogP) is 3.90. The Labute approximate surface area is 177 Å². The van der Waals surface area contributed by atoms with Crippen LogP contribution in [-0.2, 0) is 24.3 Å². The lowest BCUT2D eigenvalue weighted by molar-refractivity contribution is 0.0657. The number of guanidine groups is 1. The van der Waals surface area contributed by atoms with Crippen molar-refractivity contribution in [3.05, 3.63) is 51.5 Å². The molecule has 1 aromatic heterocycles. The molecular weight excluding hydrogens is 459 g/mol. The van der Waals surface area contributed by atoms with Gasteiger partial charge in [-0.1, -0.05) is 24.3 Å². The quantitative estimate of drug-likeness (QED) is 0.336. The zero-order valence-corrected chi connectivity index (χ0v) is 19.1. The van der Waals surface area contributed by atoms with Crippen LogP contribution in [0, 0.1) is 6.92 Å². The van der Waals surface area contributed by atoms with Gasteiger partial charge in [0.25, 0.3) is 0 Å². The highest BCUT2D eigenvalue weighted by Crippen LogP contribution is 2.11. The SMILES string of the molecule is CN=C(NCCc1ncc(C)s1)NCc1cccc(COC(C)C)c1.I. The maximum absolute atomic E-state index is 5.67. The predicted molar refractivity (Wildman–Crippen MR) is 121 cm³/mol. The van der Waals surface area contributed by atoms with Crippen molar-refractivity contribution in [1.29, 1.82) is 0 Å². The zero-order valence-electron chi connectivity index (χ0n) is 15.9. The van der Waals surface area contributed by atoms with Gasteiger partial charge in [-0.05, 0) is 31.9 Å². The van der Waals surface area contributed by atoms with Gasteiger partial charge in [-0.3, -0.25) is 4.99 Å². The van der Waals surface area contributed by atoms with E-state index < -0.39 is 0 Å². The van der Waals surface area contributed by atoms with Gasteiger partial charge in [0.1, 0.15) is 0 Å². The fourth-order valence-corrected chi connectivity index (χ4v) is 3.09. The van der Waals surface area contributed by atoms with Crippen LogP contribution < -0.4 is 10.6 Å². The van der Waals surface area contributed by atoms with Crippen LogP contribution in [-0.4, -0.2) is 30.6 Å². The largest absolute Gasteiger partial charge is 0.374 e. The Kier molecular flexibility index (Phi) is 10.8. The number of rotatable bonds is 8. The summed E-state index contributed by atoms with van der Waals surface area (Å²) < 4.78 is 5.67. The maximum atomic E-state index is 5.67. The molecule has 0 bridgehead atoms. The minimum atomic E-state index is 0. The Morgan fingerprint density at radius 3 is 2.69 bits per heavy atom. The highest BCUT2D eigenvalue weighted by molar-refractivity contribution is 14.0. The summed E-state index contributed by atoms with van der Waals surface area (Å²) in [5, 5.41) is 7.83. The van der Waals surface area contributed by atoms with Crippen molar-refractivity contribution in [1.82, 2.24) is 15.6 Å². The molecule has 1 heterocycles. The molecule has 0 atom stereocenters. The molecule has 0 radical (unpaired) electrons. The number of ether oxygens (including phenoxy) is 1. The Bertz CT molecular complexity index is 688. The first kappa shape index (κ1) is 22.9. The number of nitrogens with zero attached hydrogens (tertiary/aromatic N) is 2. The molecule has 0 amide bonds. The number of nitrogens with one attached hydrogen (secondary N) is 2. The summed E-state index contributed by atoms with van der Waals surface area (Å²) in [6, 6.07) is 8.44. The number of hydrogen-bond donors (Lipinski definition) is 2. The number of thiazole rings is 1. The third kappa shape index (κ3) is 8.46. The van der Waals surface area contributed by atoms with Gasteiger partial charge >= 0.3 is 0 Å². The Morgan fingerprint density at radius 1 is 1.27 bits per heavy atom. The van der Waals surface area contributed by atoms with Crippen molar-refractivity contribution in [3.63, 3.8) is 0 Å². The van der Waals surface area contributed by atoms with Crippen LogP contribution in [0.3, 0.4) is 0 Å². The molecule has 1 aromatic carbocycles. The molecule has 0 aliphatic rings. The molecule has 7 heteroatoms. The number of hydrogen-bond acceptors (Lipinski definition) is 4. The average molecular weight is 488 g/mol. The van der Waals surface area contributed by atoms with Crippen molar-refractivity contribution >= 4 is 41.3 Å². The number of aryl methyl sites for hydroxylation is 1. The first-order valence-electron chi connectivity index (χ1n) is 8.62. The second-order valence-corrected chi connectivity index (χ2v) is 7.47. The van der Waals surface area contributed by atoms with Crippen molar-refractivity contribution in [2.24, 2.45) is 4.99 Å². The molecule has 5 nitrogen and oxygen atoms in total. The molecule has 144 valence electrons. The fourth-order valence-electron chi connectivity index (χ4n) is 2.30. The summed E-state index contributed by atoms with van der Waals surface area (Å²) in [7, 11) is 1.79. The second kappa shape index (κ2) is 12.2. The standard InChI is InChI=1S/C19H28N4OS.HI/c1-14(2)24-13-17-7-5-6-16(10-17)12-23-19(20-4)21-9-8-18-22-11-15(3)25-18;/h5-7,10-11,14H,8-9,12-13H2,1-4H3,(H2,20,21,23);1H. The van der Waals surface area contributed by atoms with E-state index >= 15 is 0 Å². The molecule has 2 N–H and O–H groups in total. The Hall–Kier alpha value is -1.19. The topological polar surface area (TPSA) is 58.5 Å². The highest BCUT2D eigenvalue weighted by atomic mass is 127. The van der Waals surface area contributed by atoms with E-state index in [-0.39, 0.29) is 30.1 Å². The Morgan fingerprint density at radius 2 is 2.04 bits per heavy atom. The van der Waals surface area contributed by atoms with E-state index in [1.807, 2.05) is 20.0 Å². The lowest BCUT2D eigenvalue weighted by Crippen LogP contribution is -2.37. The molecule has 2 aromatic rings. The lowest BCUT2D eigenvalue weighted by atomic mass is 10.1. The lowest BCUT2D eigenvalue weighted by Gasteiger charge is -2.12. The van der Waals surface area contributed by atoms with Crippen LogP contribution in [0.4, 0.5) is 0 Å². The molecule has 0 fully saturated rings. The summed E-state index contributed by atoms with van der Waals surface area (Å²) in [6.45, 7) is 8.36. The van der Waals surface area contributed by atoms with Crippen molar-refractivity contribution in [2.45, 2.75) is 46.4 Å². The van der Waals surface area contributed by atoms with Gasteiger partial charge in [0.2, 0.25) is 0 Å². The van der Waals surface area contributed by atoms with Gasteiger partial charge in [-0.25, -0.2) is 4.98 Å². The monoisotopic (exact) mass is 488 g/mol. The first-order valence-corrected chi connectivity index (χ1v) is 9.43. The average Bonchev–Trinajstić information content (AvgIpc) is 3.01. The van der Waals surface area contributed by atoms with Crippen LogP contribution in [0.5, 0.6) is 0 Å². The summed E-state index contributed by atoms with van der Waals surface area (Å²) >= 11 is 1.74. The van der Waals surface area contributed by atoms with Gasteiger partial charge in [0.05, 0.1) is 17.7 Å². The number of benzene rings is 1. The fraction of sp³-hybridized carbons (Fsp3) is 0.474. The van der Waals surface area contributed by atoms with Gasteiger partial charge in [-0.15, -0.1) is 35.3 Å². The van der Waals surface area contributed by atoms with Gasteiger partial charge in [0, 0.05) is 37.6 Å². The second-order valence-electron chi connectivity index (χ2n) is 6.15. The Balaban J connectivity index is 0.00000338. The molecule has 0 aliphatic heterocycles. The van der Waals surface area contributed by atoms with E-state index in [0.717, 1.165) is 30.5 Å². The summed E-state index contributed by atoms with van der Waals surface area (Å²) in [5.74, 6) is 0.803. The smallest absolute Gasteiger partial charge is 0.191 e. The number of aromatic nitrogens is 1. The molecule has 0 saturated heterocycles. The summed E-state index contributed by atoms with van der Waals surface area (Å²) in [6.07, 6.45) is 3.07. The van der Waals surface area contributed by atoms with Crippen LogP contribution in [0.25, 0.3) is 0 Å². The molecule has 0 aliphatic carbocycles. The third-order valence-corrected chi connectivity index (χ3v) is 4.53. The number of aliphatic imine (C=N–C) groups is 1. The summed E-state index contributed by atoms with van der Waals surface area (Å²) in [5.41, 5.74) is 2.40. The first-order chi connectivity index (χ1) is 12.1. The molecule has 26 heavy (non-hydrogen) atoms. The van der Waals surface area contributed by atoms with Crippen molar-refractivity contribution < 1.29 is 4.74 Å². The minimum Gasteiger partial charge on any atom is -0.374 e. The molecule has 0 spiro atoms. The van der Waals surface area contributed by atoms with E-state index in [2.05, 4.69) is 51.8 Å².